The van der Waals surface area contributed by atoms with E-state index >= 15 is 4.39 Å². The number of nitrogens with zero attached hydrogens (tertiary/aromatic N) is 4. The Hall–Kier alpha value is -4.10. The number of carboxylic acids is 1. The van der Waals surface area contributed by atoms with Crippen molar-refractivity contribution >= 4 is 45.9 Å². The molecule has 9 nitrogen and oxygen atoms in total. The molecule has 2 aromatic carbocycles. The zero-order valence-corrected chi connectivity index (χ0v) is 24.5. The molecule has 1 aliphatic rings. The maximum absolute atomic E-state index is 15.7. The summed E-state index contributed by atoms with van der Waals surface area (Å²) in [5, 5.41) is 18.5. The smallest absolute Gasteiger partial charge is 0.415 e. The van der Waals surface area contributed by atoms with Gasteiger partial charge < -0.3 is 19.3 Å². The molecule has 4 rings (SSSR count). The van der Waals surface area contributed by atoms with Gasteiger partial charge in [-0.05, 0) is 43.5 Å². The monoisotopic (exact) mass is 584 g/mol. The number of carbonyl (C=O) groups is 2. The molecule has 2 unspecified atom stereocenters. The van der Waals surface area contributed by atoms with Gasteiger partial charge >= 0.3 is 12.1 Å². The highest BCUT2D eigenvalue weighted by molar-refractivity contribution is 6.38. The molecule has 0 radical (unpaired) electrons. The van der Waals surface area contributed by atoms with Crippen LogP contribution >= 0.6 is 11.6 Å². The molecule has 2 atom stereocenters. The first-order valence-electron chi connectivity index (χ1n) is 13.6. The van der Waals surface area contributed by atoms with Gasteiger partial charge in [-0.3, -0.25) is 9.69 Å². The number of amides is 1. The third-order valence-electron chi connectivity index (χ3n) is 6.87. The number of aromatic nitrogens is 1. The molecular formula is C30H34ClFN4O5. The number of aromatic carboxylic acids is 1. The third-order valence-corrected chi connectivity index (χ3v) is 7.23. The Balaban J connectivity index is 0.00000226. The van der Waals surface area contributed by atoms with Crippen LogP contribution in [-0.4, -0.2) is 40.9 Å². The molecule has 0 aliphatic carbocycles. The van der Waals surface area contributed by atoms with E-state index in [4.69, 9.17) is 21.6 Å². The van der Waals surface area contributed by atoms with Gasteiger partial charge in [0.15, 0.2) is 0 Å². The number of carboxylic acid groups (broad SMARTS) is 1. The first-order valence-corrected chi connectivity index (χ1v) is 14.0. The summed E-state index contributed by atoms with van der Waals surface area (Å²) in [6.07, 6.45) is 1.17. The lowest BCUT2D eigenvalue weighted by molar-refractivity contribution is 0.0694. The molecule has 11 heteroatoms. The van der Waals surface area contributed by atoms with Crippen LogP contribution in [0.15, 0.2) is 41.3 Å². The lowest BCUT2D eigenvalue weighted by Crippen LogP contribution is -2.27. The van der Waals surface area contributed by atoms with Gasteiger partial charge in [0.2, 0.25) is 11.5 Å². The zero-order valence-electron chi connectivity index (χ0n) is 23.8. The predicted octanol–water partition coefficient (Wildman–Crippen LogP) is 6.75. The standard InChI is InChI=1S/C28H28ClFN4O5.C2H6/c1-4-10-32(13-17-6-8-18(9-7-17)34-14-19(12-31)39-28(34)38)25-22(30)11-20-24(23(25)29)33(16(3)5-2)15-21(26(20)35)27(36)37;1-2/h6-9,11,15-16,19H,4-5,10,13-14H2,1-3H3,(H,36,37);1-2H3. The highest BCUT2D eigenvalue weighted by Gasteiger charge is 2.32. The quantitative estimate of drug-likeness (QED) is 0.295. The van der Waals surface area contributed by atoms with Gasteiger partial charge in [0.05, 0.1) is 28.2 Å². The van der Waals surface area contributed by atoms with Crippen molar-refractivity contribution in [2.45, 2.75) is 66.2 Å². The first kappa shape index (κ1) is 31.4. The van der Waals surface area contributed by atoms with Crippen molar-refractivity contribution in [3.63, 3.8) is 0 Å². The van der Waals surface area contributed by atoms with Crippen LogP contribution < -0.4 is 15.2 Å². The topological polar surface area (TPSA) is 116 Å². The van der Waals surface area contributed by atoms with Crippen molar-refractivity contribution in [3.05, 3.63) is 68.7 Å². The van der Waals surface area contributed by atoms with E-state index < -0.39 is 35.0 Å². The number of anilines is 2. The number of ether oxygens (including phenoxy) is 1. The fraction of sp³-hybridized carbons (Fsp3) is 0.400. The minimum atomic E-state index is -1.39. The van der Waals surface area contributed by atoms with Crippen molar-refractivity contribution < 1.29 is 23.8 Å². The number of cyclic esters (lactones) is 1. The number of benzene rings is 2. The van der Waals surface area contributed by atoms with Crippen molar-refractivity contribution in [1.29, 1.82) is 5.26 Å². The van der Waals surface area contributed by atoms with Crippen LogP contribution in [0.5, 0.6) is 0 Å². The Labute approximate surface area is 243 Å². The Morgan fingerprint density at radius 3 is 2.46 bits per heavy atom. The molecule has 41 heavy (non-hydrogen) atoms. The van der Waals surface area contributed by atoms with Gasteiger partial charge in [-0.15, -0.1) is 0 Å². The van der Waals surface area contributed by atoms with E-state index in [0.717, 1.165) is 11.6 Å². The number of halogens is 2. The summed E-state index contributed by atoms with van der Waals surface area (Å²) >= 11 is 6.84. The van der Waals surface area contributed by atoms with Crippen LogP contribution in [0.3, 0.4) is 0 Å². The van der Waals surface area contributed by atoms with Crippen LogP contribution in [0, 0.1) is 17.1 Å². The van der Waals surface area contributed by atoms with E-state index in [1.165, 1.54) is 11.1 Å². The minimum Gasteiger partial charge on any atom is -0.477 e. The molecule has 1 saturated heterocycles. The molecule has 1 N–H and O–H groups in total. The van der Waals surface area contributed by atoms with Crippen molar-refractivity contribution in [1.82, 2.24) is 4.57 Å². The number of hydrogen-bond donors (Lipinski definition) is 1. The van der Waals surface area contributed by atoms with Gasteiger partial charge in [0, 0.05) is 31.0 Å². The Morgan fingerprint density at radius 1 is 1.27 bits per heavy atom. The lowest BCUT2D eigenvalue weighted by atomic mass is 10.1. The van der Waals surface area contributed by atoms with E-state index in [2.05, 4.69) is 0 Å². The molecule has 0 saturated carbocycles. The Kier molecular flexibility index (Phi) is 10.4. The Bertz CT molecular complexity index is 1530. The first-order chi connectivity index (χ1) is 19.6. The van der Waals surface area contributed by atoms with E-state index in [-0.39, 0.29) is 40.7 Å². The SMILES string of the molecule is CC.CCCN(Cc1ccc(N2CC(C#N)OC2=O)cc1)c1c(F)cc2c(=O)c(C(=O)O)cn(C(C)CC)c2c1Cl. The van der Waals surface area contributed by atoms with Crippen LogP contribution in [0.4, 0.5) is 20.6 Å². The fourth-order valence-electron chi connectivity index (χ4n) is 4.70. The van der Waals surface area contributed by atoms with Crippen LogP contribution in [0.25, 0.3) is 10.9 Å². The van der Waals surface area contributed by atoms with E-state index in [9.17, 15) is 19.5 Å². The van der Waals surface area contributed by atoms with Gasteiger partial charge in [0.1, 0.15) is 17.4 Å². The van der Waals surface area contributed by atoms with E-state index in [1.807, 2.05) is 40.7 Å². The second-order valence-corrected chi connectivity index (χ2v) is 9.84. The molecule has 1 aromatic heterocycles. The molecular weight excluding hydrogens is 551 g/mol. The van der Waals surface area contributed by atoms with Crippen molar-refractivity contribution in [2.24, 2.45) is 0 Å². The normalized spacial score (nSPS) is 15.1. The zero-order chi connectivity index (χ0) is 30.4. The largest absolute Gasteiger partial charge is 0.477 e. The van der Waals surface area contributed by atoms with Gasteiger partial charge in [0.25, 0.3) is 0 Å². The van der Waals surface area contributed by atoms with Gasteiger partial charge in [-0.2, -0.15) is 5.26 Å². The molecule has 1 fully saturated rings. The number of pyridine rings is 1. The number of rotatable bonds is 9. The average Bonchev–Trinajstić information content (AvgIpc) is 3.35. The number of carbonyl (C=O) groups excluding carboxylic acids is 1. The lowest BCUT2D eigenvalue weighted by Gasteiger charge is -2.28. The summed E-state index contributed by atoms with van der Waals surface area (Å²) in [4.78, 5) is 39.9. The number of hydrogen-bond acceptors (Lipinski definition) is 6. The van der Waals surface area contributed by atoms with Crippen molar-refractivity contribution in [3.8, 4) is 6.07 Å². The summed E-state index contributed by atoms with van der Waals surface area (Å²) in [7, 11) is 0. The number of nitriles is 1. The van der Waals surface area contributed by atoms with Gasteiger partial charge in [-0.1, -0.05) is 51.4 Å². The highest BCUT2D eigenvalue weighted by atomic mass is 35.5. The maximum atomic E-state index is 15.7. The van der Waals surface area contributed by atoms with Crippen LogP contribution in [0.1, 0.15) is 69.4 Å². The third kappa shape index (κ3) is 6.30. The second-order valence-electron chi connectivity index (χ2n) is 9.46. The average molecular weight is 585 g/mol. The van der Waals surface area contributed by atoms with Crippen LogP contribution in [0.2, 0.25) is 5.02 Å². The Morgan fingerprint density at radius 2 is 1.93 bits per heavy atom. The summed E-state index contributed by atoms with van der Waals surface area (Å²) in [6.45, 7) is 10.6. The van der Waals surface area contributed by atoms with Gasteiger partial charge in [-0.25, -0.2) is 14.0 Å². The summed E-state index contributed by atoms with van der Waals surface area (Å²) in [5.41, 5.74) is 0.557. The van der Waals surface area contributed by atoms with Crippen molar-refractivity contribution in [2.75, 3.05) is 22.9 Å². The molecule has 2 heterocycles. The molecule has 0 bridgehead atoms. The summed E-state index contributed by atoms with van der Waals surface area (Å²) in [5.74, 6) is -2.11. The molecule has 3 aromatic rings. The molecule has 1 aliphatic heterocycles. The highest BCUT2D eigenvalue weighted by Crippen LogP contribution is 2.38. The van der Waals surface area contributed by atoms with Crippen LogP contribution in [-0.2, 0) is 11.3 Å². The van der Waals surface area contributed by atoms with E-state index in [0.29, 0.717) is 25.1 Å². The molecule has 218 valence electrons. The summed E-state index contributed by atoms with van der Waals surface area (Å²) < 4.78 is 22.3. The van der Waals surface area contributed by atoms with E-state index in [1.54, 1.807) is 33.7 Å². The number of fused-ring (bicyclic) bond motifs is 1. The predicted molar refractivity (Wildman–Crippen MR) is 157 cm³/mol. The fourth-order valence-corrected chi connectivity index (χ4v) is 5.11. The maximum Gasteiger partial charge on any atom is 0.415 e. The minimum absolute atomic E-state index is 0.0340. The summed E-state index contributed by atoms with van der Waals surface area (Å²) in [6, 6.07) is 9.85. The molecule has 1 amide bonds. The second kappa shape index (κ2) is 13.5. The molecule has 0 spiro atoms.